The lowest BCUT2D eigenvalue weighted by molar-refractivity contribution is -0.384. The summed E-state index contributed by atoms with van der Waals surface area (Å²) in [6.45, 7) is 1.22. The molecule has 2 heterocycles. The molecule has 0 aliphatic carbocycles. The number of ether oxygens (including phenoxy) is 3. The second kappa shape index (κ2) is 8.83. The van der Waals surface area contributed by atoms with Crippen molar-refractivity contribution in [1.82, 2.24) is 0 Å². The largest absolute Gasteiger partial charge is 0.497 e. The molecule has 0 bridgehead atoms. The second-order valence-corrected chi connectivity index (χ2v) is 6.96. The molecule has 0 saturated heterocycles. The Morgan fingerprint density at radius 1 is 1.09 bits per heavy atom. The van der Waals surface area contributed by atoms with Crippen molar-refractivity contribution < 1.29 is 33.1 Å². The fourth-order valence-corrected chi connectivity index (χ4v) is 3.18. The molecule has 1 aromatic heterocycles. The van der Waals surface area contributed by atoms with Crippen LogP contribution >= 0.6 is 0 Å². The lowest BCUT2D eigenvalue weighted by atomic mass is 10.1. The minimum absolute atomic E-state index is 0.114. The minimum atomic E-state index is -0.580. The van der Waals surface area contributed by atoms with Crippen LogP contribution in [-0.2, 0) is 14.3 Å². The molecule has 0 fully saturated rings. The summed E-state index contributed by atoms with van der Waals surface area (Å²) in [5.41, 5.74) is 1.01. The van der Waals surface area contributed by atoms with Crippen LogP contribution < -0.4 is 9.47 Å². The lowest BCUT2D eigenvalue weighted by Crippen LogP contribution is -2.03. The van der Waals surface area contributed by atoms with E-state index in [1.807, 2.05) is 0 Å². The summed E-state index contributed by atoms with van der Waals surface area (Å²) in [4.78, 5) is 34.3. The maximum absolute atomic E-state index is 12.3. The maximum atomic E-state index is 12.3. The minimum Gasteiger partial charge on any atom is -0.497 e. The molecule has 0 radical (unpaired) electrons. The van der Waals surface area contributed by atoms with Crippen LogP contribution in [0.1, 0.15) is 18.2 Å². The normalized spacial score (nSPS) is 14.1. The highest BCUT2D eigenvalue weighted by Crippen LogP contribution is 2.36. The molecular formula is C24H17NO8. The number of cyclic esters (lactones) is 1. The average molecular weight is 447 g/mol. The van der Waals surface area contributed by atoms with E-state index in [9.17, 15) is 19.7 Å². The van der Waals surface area contributed by atoms with Crippen LogP contribution in [-0.4, -0.2) is 24.0 Å². The van der Waals surface area contributed by atoms with Crippen molar-refractivity contribution in [3.63, 3.8) is 0 Å². The number of nitrogens with zero attached hydrogens (tertiary/aromatic N) is 1. The molecule has 166 valence electrons. The van der Waals surface area contributed by atoms with Crippen LogP contribution in [0.5, 0.6) is 11.5 Å². The van der Waals surface area contributed by atoms with Crippen LogP contribution in [0.4, 0.5) is 5.69 Å². The fourth-order valence-electron chi connectivity index (χ4n) is 3.18. The second-order valence-electron chi connectivity index (χ2n) is 6.96. The molecule has 0 atom stereocenters. The molecule has 1 aliphatic heterocycles. The van der Waals surface area contributed by atoms with Crippen molar-refractivity contribution in [2.45, 2.75) is 6.92 Å². The zero-order chi connectivity index (χ0) is 23.5. The van der Waals surface area contributed by atoms with E-state index in [2.05, 4.69) is 0 Å². The SMILES string of the molecule is COc1ccc(C2=C/C(=C\c3ccc(-c4cc([N+](=O)[O-])ccc4OC(C)=O)o3)C(=O)O2)cc1. The van der Waals surface area contributed by atoms with Gasteiger partial charge in [0.1, 0.15) is 28.8 Å². The molecule has 2 aromatic carbocycles. The molecule has 0 spiro atoms. The Kier molecular flexibility index (Phi) is 5.77. The highest BCUT2D eigenvalue weighted by molar-refractivity contribution is 6.04. The van der Waals surface area contributed by atoms with E-state index in [1.54, 1.807) is 49.6 Å². The first-order valence-electron chi connectivity index (χ1n) is 9.71. The number of carbonyl (C=O) groups excluding carboxylic acids is 2. The number of esters is 2. The van der Waals surface area contributed by atoms with E-state index >= 15 is 0 Å². The molecule has 9 nitrogen and oxygen atoms in total. The zero-order valence-electron chi connectivity index (χ0n) is 17.6. The summed E-state index contributed by atoms with van der Waals surface area (Å²) < 4.78 is 21.4. The Morgan fingerprint density at radius 2 is 1.85 bits per heavy atom. The number of benzene rings is 2. The Hall–Kier alpha value is -4.66. The summed E-state index contributed by atoms with van der Waals surface area (Å²) in [6.07, 6.45) is 3.08. The number of nitro groups is 1. The summed E-state index contributed by atoms with van der Waals surface area (Å²) in [6, 6.07) is 14.0. The first kappa shape index (κ1) is 21.6. The number of hydrogen-bond donors (Lipinski definition) is 0. The molecule has 4 rings (SSSR count). The van der Waals surface area contributed by atoms with Crippen LogP contribution in [0.15, 0.2) is 70.7 Å². The van der Waals surface area contributed by atoms with Gasteiger partial charge in [0.2, 0.25) is 0 Å². The molecule has 0 amide bonds. The van der Waals surface area contributed by atoms with Gasteiger partial charge in [-0.1, -0.05) is 0 Å². The van der Waals surface area contributed by atoms with E-state index in [0.29, 0.717) is 22.8 Å². The third-order valence-corrected chi connectivity index (χ3v) is 4.72. The van der Waals surface area contributed by atoms with Gasteiger partial charge in [-0.2, -0.15) is 0 Å². The van der Waals surface area contributed by atoms with Gasteiger partial charge < -0.3 is 18.6 Å². The van der Waals surface area contributed by atoms with Crippen LogP contribution in [0.3, 0.4) is 0 Å². The number of non-ortho nitro benzene ring substituents is 1. The first-order chi connectivity index (χ1) is 15.8. The van der Waals surface area contributed by atoms with Crippen molar-refractivity contribution in [1.29, 1.82) is 0 Å². The summed E-state index contributed by atoms with van der Waals surface area (Å²) in [7, 11) is 1.56. The van der Waals surface area contributed by atoms with Gasteiger partial charge in [0.15, 0.2) is 0 Å². The zero-order valence-corrected chi connectivity index (χ0v) is 17.6. The third kappa shape index (κ3) is 4.67. The molecule has 33 heavy (non-hydrogen) atoms. The number of hydrogen-bond acceptors (Lipinski definition) is 8. The van der Waals surface area contributed by atoms with Crippen LogP contribution in [0, 0.1) is 10.1 Å². The molecular weight excluding hydrogens is 430 g/mol. The molecule has 3 aromatic rings. The van der Waals surface area contributed by atoms with Crippen molar-refractivity contribution in [2.75, 3.05) is 7.11 Å². The molecule has 1 aliphatic rings. The highest BCUT2D eigenvalue weighted by Gasteiger charge is 2.23. The van der Waals surface area contributed by atoms with Crippen molar-refractivity contribution in [3.05, 3.63) is 87.7 Å². The Balaban J connectivity index is 1.65. The van der Waals surface area contributed by atoms with Crippen LogP contribution in [0.25, 0.3) is 23.2 Å². The number of furan rings is 1. The number of rotatable bonds is 6. The van der Waals surface area contributed by atoms with Gasteiger partial charge in [-0.15, -0.1) is 0 Å². The molecule has 0 unspecified atom stereocenters. The average Bonchev–Trinajstić information content (AvgIpc) is 3.40. The quantitative estimate of drug-likeness (QED) is 0.174. The van der Waals surface area contributed by atoms with E-state index in [4.69, 9.17) is 18.6 Å². The molecule has 0 N–H and O–H groups in total. The van der Waals surface area contributed by atoms with E-state index in [0.717, 1.165) is 0 Å². The predicted octanol–water partition coefficient (Wildman–Crippen LogP) is 4.77. The van der Waals surface area contributed by atoms with Gasteiger partial charge in [-0.3, -0.25) is 14.9 Å². The number of nitro benzene ring substituents is 1. The third-order valence-electron chi connectivity index (χ3n) is 4.72. The van der Waals surface area contributed by atoms with Crippen molar-refractivity contribution >= 4 is 29.5 Å². The van der Waals surface area contributed by atoms with Gasteiger partial charge in [0.05, 0.1) is 23.2 Å². The Morgan fingerprint density at radius 3 is 2.52 bits per heavy atom. The highest BCUT2D eigenvalue weighted by atomic mass is 16.6. The lowest BCUT2D eigenvalue weighted by Gasteiger charge is -2.06. The van der Waals surface area contributed by atoms with Gasteiger partial charge in [0.25, 0.3) is 5.69 Å². The van der Waals surface area contributed by atoms with E-state index in [1.165, 1.54) is 31.2 Å². The van der Waals surface area contributed by atoms with Gasteiger partial charge in [-0.25, -0.2) is 4.79 Å². The maximum Gasteiger partial charge on any atom is 0.343 e. The van der Waals surface area contributed by atoms with E-state index in [-0.39, 0.29) is 28.3 Å². The predicted molar refractivity (Wildman–Crippen MR) is 117 cm³/mol. The van der Waals surface area contributed by atoms with Crippen molar-refractivity contribution in [3.8, 4) is 22.8 Å². The number of carbonyl (C=O) groups is 2. The summed E-state index contributed by atoms with van der Waals surface area (Å²) in [5.74, 6) is 0.590. The van der Waals surface area contributed by atoms with Gasteiger partial charge >= 0.3 is 11.9 Å². The standard InChI is InChI=1S/C24H17NO8/c1-14(26)31-21-9-5-17(25(28)29)13-20(21)22-10-8-19(32-22)11-16-12-23(33-24(16)27)15-3-6-18(30-2)7-4-15/h3-13H,1-2H3/b16-11+. The molecule has 0 saturated carbocycles. The smallest absolute Gasteiger partial charge is 0.343 e. The Labute approximate surface area is 187 Å². The molecule has 9 heteroatoms. The van der Waals surface area contributed by atoms with Crippen molar-refractivity contribution in [2.24, 2.45) is 0 Å². The summed E-state index contributed by atoms with van der Waals surface area (Å²) >= 11 is 0. The first-order valence-corrected chi connectivity index (χ1v) is 9.71. The monoisotopic (exact) mass is 447 g/mol. The van der Waals surface area contributed by atoms with E-state index < -0.39 is 16.9 Å². The number of methoxy groups -OCH3 is 1. The topological polar surface area (TPSA) is 118 Å². The van der Waals surface area contributed by atoms with Crippen LogP contribution in [0.2, 0.25) is 0 Å². The Bertz CT molecular complexity index is 1310. The fraction of sp³-hybridized carbons (Fsp3) is 0.0833. The summed E-state index contributed by atoms with van der Waals surface area (Å²) in [5, 5.41) is 11.2. The van der Waals surface area contributed by atoms with Gasteiger partial charge in [-0.05, 0) is 54.6 Å². The van der Waals surface area contributed by atoms with Gasteiger partial charge in [0, 0.05) is 24.6 Å².